The highest BCUT2D eigenvalue weighted by Gasteiger charge is 2.35. The Labute approximate surface area is 207 Å². The number of rotatable bonds is 13. The molecule has 4 N–H and O–H groups in total. The van der Waals surface area contributed by atoms with Crippen LogP contribution in [-0.2, 0) is 19.1 Å². The second-order valence-corrected chi connectivity index (χ2v) is 7.47. The Morgan fingerprint density at radius 2 is 1.88 bits per heavy atom. The van der Waals surface area contributed by atoms with Gasteiger partial charge in [0.15, 0.2) is 0 Å². The smallest absolute Gasteiger partial charge is 0.323 e. The minimum atomic E-state index is -1.14. The number of fused-ring (bicyclic) bond motifs is 1. The molecule has 0 fully saturated rings. The lowest BCUT2D eigenvalue weighted by Gasteiger charge is -2.26. The molecule has 2 rings (SSSR count). The van der Waals surface area contributed by atoms with Crippen molar-refractivity contribution >= 4 is 48.3 Å². The third-order valence-electron chi connectivity index (χ3n) is 5.09. The second-order valence-electron chi connectivity index (χ2n) is 7.47. The molecular weight excluding hydrogens is 473 g/mol. The number of halogens is 2. The molecule has 1 aliphatic heterocycles. The van der Waals surface area contributed by atoms with Gasteiger partial charge < -0.3 is 20.3 Å². The van der Waals surface area contributed by atoms with E-state index in [2.05, 4.69) is 5.32 Å². The van der Waals surface area contributed by atoms with Gasteiger partial charge in [-0.3, -0.25) is 24.6 Å². The zero-order valence-corrected chi connectivity index (χ0v) is 20.5. The first-order chi connectivity index (χ1) is 15.0. The van der Waals surface area contributed by atoms with Crippen LogP contribution in [0.1, 0.15) is 45.4 Å². The van der Waals surface area contributed by atoms with Gasteiger partial charge >= 0.3 is 11.9 Å². The molecule has 0 saturated heterocycles. The highest BCUT2D eigenvalue weighted by molar-refractivity contribution is 6.02. The van der Waals surface area contributed by atoms with Crippen molar-refractivity contribution in [2.24, 2.45) is 5.73 Å². The summed E-state index contributed by atoms with van der Waals surface area (Å²) < 4.78 is 11.0. The number of esters is 1. The third kappa shape index (κ3) is 9.75. The fourth-order valence-electron chi connectivity index (χ4n) is 3.55. The lowest BCUT2D eigenvalue weighted by atomic mass is 10.0. The number of nitrogens with one attached hydrogen (secondary N) is 1. The van der Waals surface area contributed by atoms with Crippen molar-refractivity contribution in [3.8, 4) is 5.75 Å². The maximum Gasteiger partial charge on any atom is 0.323 e. The summed E-state index contributed by atoms with van der Waals surface area (Å²) >= 11 is 0. The van der Waals surface area contributed by atoms with E-state index in [0.717, 1.165) is 32.1 Å². The number of benzene rings is 1. The molecule has 1 aliphatic rings. The van der Waals surface area contributed by atoms with Crippen LogP contribution in [0.3, 0.4) is 0 Å². The number of aliphatic carboxylic acids is 1. The van der Waals surface area contributed by atoms with Crippen LogP contribution in [0.2, 0.25) is 0 Å². The zero-order valence-electron chi connectivity index (χ0n) is 18.9. The maximum atomic E-state index is 13.2. The predicted molar refractivity (Wildman–Crippen MR) is 131 cm³/mol. The summed E-state index contributed by atoms with van der Waals surface area (Å²) in [4.78, 5) is 38.2. The van der Waals surface area contributed by atoms with Crippen molar-refractivity contribution in [1.29, 1.82) is 0 Å². The number of nitrogens with zero attached hydrogens (tertiary/aromatic N) is 1. The molecule has 188 valence electrons. The van der Waals surface area contributed by atoms with Crippen LogP contribution in [0.15, 0.2) is 24.3 Å². The first-order valence-corrected chi connectivity index (χ1v) is 10.9. The normalized spacial score (nSPS) is 15.8. The maximum absolute atomic E-state index is 13.2. The van der Waals surface area contributed by atoms with Crippen LogP contribution in [0.4, 0.5) is 5.69 Å². The highest BCUT2D eigenvalue weighted by atomic mass is 35.5. The van der Waals surface area contributed by atoms with E-state index in [9.17, 15) is 19.5 Å². The van der Waals surface area contributed by atoms with Gasteiger partial charge in [0.1, 0.15) is 31.0 Å². The summed E-state index contributed by atoms with van der Waals surface area (Å²) in [7, 11) is 0. The Balaban J connectivity index is 0.00000512. The number of carbonyl (C=O) groups excluding carboxylic acids is 2. The first-order valence-electron chi connectivity index (χ1n) is 10.9. The minimum Gasteiger partial charge on any atom is -0.489 e. The molecule has 2 atom stereocenters. The van der Waals surface area contributed by atoms with Crippen LogP contribution < -0.4 is 20.7 Å². The summed E-state index contributed by atoms with van der Waals surface area (Å²) in [5, 5.41) is 12.4. The summed E-state index contributed by atoms with van der Waals surface area (Å²) in [6.45, 7) is 2.12. The van der Waals surface area contributed by atoms with Gasteiger partial charge in [-0.25, -0.2) is 0 Å². The lowest BCUT2D eigenvalue weighted by Crippen LogP contribution is -2.54. The van der Waals surface area contributed by atoms with Crippen LogP contribution in [0, 0.1) is 0 Å². The average Bonchev–Trinajstić information content (AvgIpc) is 2.87. The van der Waals surface area contributed by atoms with Crippen LogP contribution in [0.25, 0.3) is 0 Å². The van der Waals surface area contributed by atoms with Crippen molar-refractivity contribution in [3.05, 3.63) is 24.3 Å². The van der Waals surface area contributed by atoms with Gasteiger partial charge in [-0.1, -0.05) is 37.8 Å². The zero-order chi connectivity index (χ0) is 22.6. The van der Waals surface area contributed by atoms with E-state index in [-0.39, 0.29) is 38.0 Å². The molecule has 1 heterocycles. The molecule has 1 unspecified atom stereocenters. The number of amides is 1. The van der Waals surface area contributed by atoms with Crippen LogP contribution in [0.5, 0.6) is 5.75 Å². The summed E-state index contributed by atoms with van der Waals surface area (Å²) in [6.07, 6.45) is 5.31. The van der Waals surface area contributed by atoms with Gasteiger partial charge in [0.05, 0.1) is 12.3 Å². The number of para-hydroxylation sites is 2. The van der Waals surface area contributed by atoms with Gasteiger partial charge in [-0.05, 0) is 38.4 Å². The quantitative estimate of drug-likeness (QED) is 0.274. The van der Waals surface area contributed by atoms with E-state index in [0.29, 0.717) is 24.4 Å². The fraction of sp³-hybridized carbons (Fsp3) is 0.591. The van der Waals surface area contributed by atoms with Crippen LogP contribution in [-0.4, -0.2) is 61.3 Å². The Morgan fingerprint density at radius 3 is 2.55 bits per heavy atom. The first kappa shape index (κ1) is 30.9. The number of unbranched alkanes of at least 4 members (excludes halogenated alkanes) is 4. The largest absolute Gasteiger partial charge is 0.489 e. The Hall–Kier alpha value is -2.07. The van der Waals surface area contributed by atoms with E-state index in [1.54, 1.807) is 31.2 Å². The summed E-state index contributed by atoms with van der Waals surface area (Å²) in [5.74, 6) is -1.59. The van der Waals surface area contributed by atoms with Crippen molar-refractivity contribution in [1.82, 2.24) is 5.32 Å². The molecule has 0 radical (unpaired) electrons. The van der Waals surface area contributed by atoms with Gasteiger partial charge in [0, 0.05) is 0 Å². The summed E-state index contributed by atoms with van der Waals surface area (Å²) in [6, 6.07) is 5.23. The monoisotopic (exact) mass is 507 g/mol. The van der Waals surface area contributed by atoms with Gasteiger partial charge in [-0.15, -0.1) is 24.8 Å². The number of hydrogen-bond acceptors (Lipinski definition) is 7. The fourth-order valence-corrected chi connectivity index (χ4v) is 3.55. The topological polar surface area (TPSA) is 131 Å². The van der Waals surface area contributed by atoms with Crippen LogP contribution >= 0.6 is 24.8 Å². The Kier molecular flexibility index (Phi) is 15.5. The van der Waals surface area contributed by atoms with Gasteiger partial charge in [0.25, 0.3) is 0 Å². The van der Waals surface area contributed by atoms with E-state index < -0.39 is 36.5 Å². The molecule has 1 aromatic carbocycles. The van der Waals surface area contributed by atoms with Crippen molar-refractivity contribution in [3.63, 3.8) is 0 Å². The molecule has 1 aromatic rings. The van der Waals surface area contributed by atoms with E-state index in [1.165, 1.54) is 4.90 Å². The Morgan fingerprint density at radius 1 is 1.21 bits per heavy atom. The lowest BCUT2D eigenvalue weighted by molar-refractivity contribution is -0.146. The SMILES string of the molecule is CCOC(=O)[C@H](CCCCCCCN)NC1COc2ccccc2N(CC(=O)O)C1=O.Cl.Cl. The van der Waals surface area contributed by atoms with E-state index >= 15 is 0 Å². The molecule has 11 heteroatoms. The highest BCUT2D eigenvalue weighted by Crippen LogP contribution is 2.31. The molecule has 0 bridgehead atoms. The van der Waals surface area contributed by atoms with E-state index in [4.69, 9.17) is 15.2 Å². The number of hydrogen-bond donors (Lipinski definition) is 3. The van der Waals surface area contributed by atoms with Crippen molar-refractivity contribution in [2.45, 2.75) is 57.5 Å². The average molecular weight is 508 g/mol. The standard InChI is InChI=1S/C22H33N3O6.2ClH/c1-2-30-22(29)16(10-6-4-3-5-9-13-23)24-17-15-31-19-12-8-7-11-18(19)25(21(17)28)14-20(26)27;;/h7-8,11-12,16-17,24H,2-6,9-10,13-15,23H2,1H3,(H,26,27);2*1H/t16-,17?;;/m0../s1. The van der Waals surface area contributed by atoms with Crippen molar-refractivity contribution < 1.29 is 29.0 Å². The van der Waals surface area contributed by atoms with Gasteiger partial charge in [0.2, 0.25) is 5.91 Å². The second kappa shape index (κ2) is 16.5. The minimum absolute atomic E-state index is 0. The molecule has 33 heavy (non-hydrogen) atoms. The molecule has 0 spiro atoms. The summed E-state index contributed by atoms with van der Waals surface area (Å²) in [5.41, 5.74) is 5.91. The molecule has 1 amide bonds. The predicted octanol–water partition coefficient (Wildman–Crippen LogP) is 2.53. The number of nitrogens with two attached hydrogens (primary N) is 1. The molecule has 0 saturated carbocycles. The van der Waals surface area contributed by atoms with Gasteiger partial charge in [-0.2, -0.15) is 0 Å². The Bertz CT molecular complexity index is 753. The number of carboxylic acids is 1. The molecule has 0 aromatic heterocycles. The van der Waals surface area contributed by atoms with E-state index in [1.807, 2.05) is 0 Å². The van der Waals surface area contributed by atoms with Crippen molar-refractivity contribution in [2.75, 3.05) is 31.2 Å². The molecule has 0 aliphatic carbocycles. The molecule has 9 nitrogen and oxygen atoms in total. The third-order valence-corrected chi connectivity index (χ3v) is 5.09. The molecular formula is C22H35Cl2N3O6. The number of carbonyl (C=O) groups is 3. The number of ether oxygens (including phenoxy) is 2. The number of carboxylic acid groups (broad SMARTS) is 1. The number of anilines is 1.